The van der Waals surface area contributed by atoms with Crippen molar-refractivity contribution in [2.75, 3.05) is 18.4 Å². The summed E-state index contributed by atoms with van der Waals surface area (Å²) in [6.07, 6.45) is 2.11. The second-order valence-corrected chi connectivity index (χ2v) is 10.5. The smallest absolute Gasteiger partial charge is 0.240 e. The molecule has 1 amide bonds. The average Bonchev–Trinajstić information content (AvgIpc) is 3.32. The molecule has 0 bridgehead atoms. The third kappa shape index (κ3) is 6.81. The summed E-state index contributed by atoms with van der Waals surface area (Å²) in [6.45, 7) is 3.79. The van der Waals surface area contributed by atoms with Crippen LogP contribution in [0.3, 0.4) is 0 Å². The van der Waals surface area contributed by atoms with E-state index in [9.17, 15) is 13.2 Å². The minimum absolute atomic E-state index is 0.224. The summed E-state index contributed by atoms with van der Waals surface area (Å²) in [4.78, 5) is 13.1. The van der Waals surface area contributed by atoms with Crippen LogP contribution in [-0.4, -0.2) is 41.5 Å². The van der Waals surface area contributed by atoms with Gasteiger partial charge in [0.1, 0.15) is 5.82 Å². The van der Waals surface area contributed by atoms with Gasteiger partial charge in [0.25, 0.3) is 0 Å². The van der Waals surface area contributed by atoms with Crippen molar-refractivity contribution < 1.29 is 13.2 Å². The molecule has 3 aromatic carbocycles. The fourth-order valence-corrected chi connectivity index (χ4v) is 5.04. The first-order valence-corrected chi connectivity index (χ1v) is 13.6. The molecule has 190 valence electrons. The zero-order chi connectivity index (χ0) is 26.3. The molecule has 0 atom stereocenters. The second kappa shape index (κ2) is 11.8. The SMILES string of the molecule is CCCN(CC(=O)Nc1cc(-c2ccccc2)nn1-c1ccc(C)cc1)S(=O)(=O)C=Cc1ccccc1. The monoisotopic (exact) mass is 514 g/mol. The molecule has 0 aliphatic rings. The van der Waals surface area contributed by atoms with Crippen molar-refractivity contribution in [1.29, 1.82) is 0 Å². The van der Waals surface area contributed by atoms with Crippen molar-refractivity contribution in [3.05, 3.63) is 108 Å². The Labute approximate surface area is 218 Å². The van der Waals surface area contributed by atoms with Crippen LogP contribution in [0.1, 0.15) is 24.5 Å². The third-order valence-corrected chi connectivity index (χ3v) is 7.22. The number of nitrogens with zero attached hydrogens (tertiary/aromatic N) is 3. The minimum atomic E-state index is -3.81. The van der Waals surface area contributed by atoms with Gasteiger partial charge in [0.15, 0.2) is 0 Å². The van der Waals surface area contributed by atoms with Crippen molar-refractivity contribution in [2.24, 2.45) is 0 Å². The van der Waals surface area contributed by atoms with Gasteiger partial charge in [-0.15, -0.1) is 0 Å². The van der Waals surface area contributed by atoms with Crippen LogP contribution in [-0.2, 0) is 14.8 Å². The van der Waals surface area contributed by atoms with Gasteiger partial charge in [-0.25, -0.2) is 13.1 Å². The van der Waals surface area contributed by atoms with E-state index < -0.39 is 15.9 Å². The summed E-state index contributed by atoms with van der Waals surface area (Å²) in [5.74, 6) is 0.0133. The molecule has 0 aliphatic carbocycles. The predicted octanol–water partition coefficient (Wildman–Crippen LogP) is 5.50. The Balaban J connectivity index is 1.58. The van der Waals surface area contributed by atoms with Gasteiger partial charge in [-0.2, -0.15) is 9.40 Å². The summed E-state index contributed by atoms with van der Waals surface area (Å²) < 4.78 is 28.9. The molecular weight excluding hydrogens is 484 g/mol. The molecule has 0 saturated carbocycles. The van der Waals surface area contributed by atoms with E-state index in [1.54, 1.807) is 10.7 Å². The fourth-order valence-electron chi connectivity index (χ4n) is 3.81. The standard InChI is InChI=1S/C29H30N4O3S/c1-3-19-32(37(35,36)20-18-24-10-6-4-7-11-24)22-29(34)30-28-21-27(25-12-8-5-9-13-25)31-33(28)26-16-14-23(2)15-17-26/h4-18,20-21H,3,19,22H2,1-2H3,(H,30,34). The van der Waals surface area contributed by atoms with Gasteiger partial charge in [0, 0.05) is 23.6 Å². The van der Waals surface area contributed by atoms with E-state index in [1.807, 2.05) is 98.8 Å². The molecule has 0 fully saturated rings. The predicted molar refractivity (Wildman–Crippen MR) is 149 cm³/mol. The van der Waals surface area contributed by atoms with Crippen molar-refractivity contribution in [3.63, 3.8) is 0 Å². The van der Waals surface area contributed by atoms with Crippen LogP contribution < -0.4 is 5.32 Å². The topological polar surface area (TPSA) is 84.3 Å². The number of aryl methyl sites for hydroxylation is 1. The Morgan fingerprint density at radius 1 is 0.973 bits per heavy atom. The Kier molecular flexibility index (Phi) is 8.32. The van der Waals surface area contributed by atoms with E-state index in [2.05, 4.69) is 5.32 Å². The summed E-state index contributed by atoms with van der Waals surface area (Å²) in [7, 11) is -3.81. The molecular formula is C29H30N4O3S. The van der Waals surface area contributed by atoms with Gasteiger partial charge in [0.05, 0.1) is 17.9 Å². The van der Waals surface area contributed by atoms with E-state index in [1.165, 1.54) is 10.4 Å². The Bertz CT molecular complexity index is 1460. The zero-order valence-electron chi connectivity index (χ0n) is 20.9. The lowest BCUT2D eigenvalue weighted by Crippen LogP contribution is -2.37. The molecule has 37 heavy (non-hydrogen) atoms. The highest BCUT2D eigenvalue weighted by Crippen LogP contribution is 2.25. The van der Waals surface area contributed by atoms with Crippen LogP contribution in [0.15, 0.2) is 96.4 Å². The maximum absolute atomic E-state index is 13.1. The van der Waals surface area contributed by atoms with Crippen LogP contribution in [0.25, 0.3) is 23.0 Å². The van der Waals surface area contributed by atoms with Gasteiger partial charge < -0.3 is 5.32 Å². The molecule has 1 heterocycles. The first-order chi connectivity index (χ1) is 17.9. The molecule has 4 aromatic rings. The van der Waals surface area contributed by atoms with Gasteiger partial charge in [0.2, 0.25) is 15.9 Å². The van der Waals surface area contributed by atoms with E-state index >= 15 is 0 Å². The van der Waals surface area contributed by atoms with E-state index in [-0.39, 0.29) is 13.1 Å². The molecule has 0 unspecified atom stereocenters. The van der Waals surface area contributed by atoms with Crippen LogP contribution in [0.4, 0.5) is 5.82 Å². The van der Waals surface area contributed by atoms with Crippen molar-refractivity contribution >= 4 is 27.8 Å². The Morgan fingerprint density at radius 2 is 1.62 bits per heavy atom. The zero-order valence-corrected chi connectivity index (χ0v) is 21.7. The molecule has 1 aromatic heterocycles. The van der Waals surface area contributed by atoms with Crippen LogP contribution in [0.5, 0.6) is 0 Å². The third-order valence-electron chi connectivity index (χ3n) is 5.71. The number of hydrogen-bond donors (Lipinski definition) is 1. The maximum Gasteiger partial charge on any atom is 0.240 e. The fraction of sp³-hybridized carbons (Fsp3) is 0.172. The molecule has 0 saturated heterocycles. The van der Waals surface area contributed by atoms with Gasteiger partial charge in [-0.05, 0) is 37.1 Å². The van der Waals surface area contributed by atoms with Gasteiger partial charge in [-0.3, -0.25) is 4.79 Å². The van der Waals surface area contributed by atoms with Crippen molar-refractivity contribution in [3.8, 4) is 16.9 Å². The lowest BCUT2D eigenvalue weighted by molar-refractivity contribution is -0.116. The highest BCUT2D eigenvalue weighted by Gasteiger charge is 2.23. The lowest BCUT2D eigenvalue weighted by Gasteiger charge is -2.19. The number of carbonyl (C=O) groups excluding carboxylic acids is 1. The number of benzene rings is 3. The molecule has 4 rings (SSSR count). The van der Waals surface area contributed by atoms with Crippen LogP contribution >= 0.6 is 0 Å². The number of anilines is 1. The molecule has 8 heteroatoms. The average molecular weight is 515 g/mol. The Hall–Kier alpha value is -4.01. The maximum atomic E-state index is 13.1. The van der Waals surface area contributed by atoms with Crippen molar-refractivity contribution in [2.45, 2.75) is 20.3 Å². The van der Waals surface area contributed by atoms with Crippen LogP contribution in [0, 0.1) is 6.92 Å². The van der Waals surface area contributed by atoms with Crippen LogP contribution in [0.2, 0.25) is 0 Å². The largest absolute Gasteiger partial charge is 0.309 e. The number of nitrogens with one attached hydrogen (secondary N) is 1. The molecule has 1 N–H and O–H groups in total. The number of sulfonamides is 1. The highest BCUT2D eigenvalue weighted by atomic mass is 32.2. The number of carbonyl (C=O) groups is 1. The summed E-state index contributed by atoms with van der Waals surface area (Å²) >= 11 is 0. The summed E-state index contributed by atoms with van der Waals surface area (Å²) in [5.41, 5.74) is 4.26. The number of hydrogen-bond acceptors (Lipinski definition) is 4. The number of rotatable bonds is 10. The first kappa shape index (κ1) is 26.1. The Morgan fingerprint density at radius 3 is 2.27 bits per heavy atom. The molecule has 7 nitrogen and oxygen atoms in total. The quantitative estimate of drug-likeness (QED) is 0.303. The van der Waals surface area contributed by atoms with E-state index in [0.717, 1.165) is 27.8 Å². The number of aromatic nitrogens is 2. The number of amides is 1. The van der Waals surface area contributed by atoms with E-state index in [4.69, 9.17) is 5.10 Å². The molecule has 0 aliphatic heterocycles. The van der Waals surface area contributed by atoms with Crippen molar-refractivity contribution in [1.82, 2.24) is 14.1 Å². The molecule has 0 radical (unpaired) electrons. The van der Waals surface area contributed by atoms with E-state index in [0.29, 0.717) is 17.9 Å². The first-order valence-electron chi connectivity index (χ1n) is 12.1. The highest BCUT2D eigenvalue weighted by molar-refractivity contribution is 7.92. The lowest BCUT2D eigenvalue weighted by atomic mass is 10.1. The molecule has 0 spiro atoms. The summed E-state index contributed by atoms with van der Waals surface area (Å²) in [6, 6.07) is 28.4. The second-order valence-electron chi connectivity index (χ2n) is 8.67. The van der Waals surface area contributed by atoms with Gasteiger partial charge >= 0.3 is 0 Å². The minimum Gasteiger partial charge on any atom is -0.309 e. The normalized spacial score (nSPS) is 11.8. The van der Waals surface area contributed by atoms with Gasteiger partial charge in [-0.1, -0.05) is 85.3 Å². The summed E-state index contributed by atoms with van der Waals surface area (Å²) in [5, 5.41) is 8.75.